The molecule has 1 aromatic carbocycles. The van der Waals surface area contributed by atoms with Crippen molar-refractivity contribution in [2.24, 2.45) is 0 Å². The molecule has 0 aliphatic heterocycles. The van der Waals surface area contributed by atoms with Crippen LogP contribution in [-0.4, -0.2) is 20.5 Å². The number of carbonyl (C=O) groups is 1. The number of rotatable bonds is 3. The zero-order valence-electron chi connectivity index (χ0n) is 13.7. The van der Waals surface area contributed by atoms with Crippen molar-refractivity contribution in [1.29, 1.82) is 0 Å². The summed E-state index contributed by atoms with van der Waals surface area (Å²) < 4.78 is 16.6. The van der Waals surface area contributed by atoms with Gasteiger partial charge in [-0.2, -0.15) is 0 Å². The first-order chi connectivity index (χ1) is 12.1. The van der Waals surface area contributed by atoms with E-state index in [-0.39, 0.29) is 17.8 Å². The Kier molecular flexibility index (Phi) is 3.73. The van der Waals surface area contributed by atoms with Gasteiger partial charge in [0, 0.05) is 16.3 Å². The van der Waals surface area contributed by atoms with Gasteiger partial charge < -0.3 is 5.32 Å². The Labute approximate surface area is 147 Å². The van der Waals surface area contributed by atoms with Crippen LogP contribution in [0.2, 0.25) is 0 Å². The molecule has 5 nitrogen and oxygen atoms in total. The van der Waals surface area contributed by atoms with Gasteiger partial charge in [0.25, 0.3) is 5.91 Å². The third kappa shape index (κ3) is 2.56. The minimum Gasteiger partial charge on any atom is -0.342 e. The van der Waals surface area contributed by atoms with Gasteiger partial charge >= 0.3 is 0 Å². The average molecular weight is 354 g/mol. The summed E-state index contributed by atoms with van der Waals surface area (Å²) in [5.74, 6) is 0.106. The molecular formula is C18H15FN4OS. The third-order valence-corrected chi connectivity index (χ3v) is 5.44. The predicted molar refractivity (Wildman–Crippen MR) is 95.4 cm³/mol. The molecule has 0 aliphatic rings. The highest BCUT2D eigenvalue weighted by Gasteiger charge is 2.21. The summed E-state index contributed by atoms with van der Waals surface area (Å²) in [6.45, 7) is 3.62. The Balaban J connectivity index is 1.66. The molecule has 7 heteroatoms. The van der Waals surface area contributed by atoms with Gasteiger partial charge in [0.2, 0.25) is 0 Å². The fraction of sp³-hybridized carbons (Fsp3) is 0.167. The standard InChI is InChI=1S/C18H15FN4OS/c1-10-15-12(19)6-5-7-13(15)25-16(10)18(24)20-11(2)17-22-21-14-8-3-4-9-23(14)17/h3-9,11H,1-2H3,(H,20,24)/t11-/m1/s1. The van der Waals surface area contributed by atoms with E-state index < -0.39 is 0 Å². The lowest BCUT2D eigenvalue weighted by Crippen LogP contribution is -2.27. The number of fused-ring (bicyclic) bond motifs is 2. The number of carbonyl (C=O) groups excluding carboxylic acids is 1. The average Bonchev–Trinajstić information content (AvgIpc) is 3.17. The molecular weight excluding hydrogens is 339 g/mol. The molecule has 0 fully saturated rings. The number of nitrogens with zero attached hydrogens (tertiary/aromatic N) is 3. The van der Waals surface area contributed by atoms with Gasteiger partial charge in [-0.25, -0.2) is 4.39 Å². The summed E-state index contributed by atoms with van der Waals surface area (Å²) in [4.78, 5) is 13.2. The quantitative estimate of drug-likeness (QED) is 0.607. The van der Waals surface area contributed by atoms with Crippen LogP contribution in [0, 0.1) is 12.7 Å². The van der Waals surface area contributed by atoms with Crippen LogP contribution in [0.1, 0.15) is 34.0 Å². The molecule has 0 aliphatic carbocycles. The van der Waals surface area contributed by atoms with E-state index in [4.69, 9.17) is 0 Å². The monoisotopic (exact) mass is 354 g/mol. The molecule has 25 heavy (non-hydrogen) atoms. The molecule has 0 radical (unpaired) electrons. The number of pyridine rings is 1. The Hall–Kier alpha value is -2.80. The molecule has 1 N–H and O–H groups in total. The van der Waals surface area contributed by atoms with Crippen LogP contribution in [0.5, 0.6) is 0 Å². The fourth-order valence-corrected chi connectivity index (χ4v) is 4.08. The Morgan fingerprint density at radius 3 is 2.88 bits per heavy atom. The maximum atomic E-state index is 14.0. The first kappa shape index (κ1) is 15.7. The molecule has 4 aromatic rings. The first-order valence-corrected chi connectivity index (χ1v) is 8.66. The van der Waals surface area contributed by atoms with Crippen molar-refractivity contribution < 1.29 is 9.18 Å². The predicted octanol–water partition coefficient (Wildman–Crippen LogP) is 3.88. The molecule has 0 bridgehead atoms. The van der Waals surface area contributed by atoms with E-state index in [1.807, 2.05) is 41.8 Å². The number of hydrogen-bond acceptors (Lipinski definition) is 4. The zero-order chi connectivity index (χ0) is 17.6. The van der Waals surface area contributed by atoms with Gasteiger partial charge in [0.15, 0.2) is 11.5 Å². The number of halogens is 1. The van der Waals surface area contributed by atoms with Gasteiger partial charge in [-0.15, -0.1) is 21.5 Å². The lowest BCUT2D eigenvalue weighted by molar-refractivity contribution is 0.0942. The van der Waals surface area contributed by atoms with Crippen molar-refractivity contribution in [1.82, 2.24) is 19.9 Å². The Bertz CT molecular complexity index is 1100. The SMILES string of the molecule is Cc1c(C(=O)N[C@H](C)c2nnc3ccccn23)sc2cccc(F)c12. The highest BCUT2D eigenvalue weighted by Crippen LogP contribution is 2.32. The molecule has 1 atom stereocenters. The summed E-state index contributed by atoms with van der Waals surface area (Å²) >= 11 is 1.29. The highest BCUT2D eigenvalue weighted by atomic mass is 32.1. The summed E-state index contributed by atoms with van der Waals surface area (Å²) in [6.07, 6.45) is 1.85. The van der Waals surface area contributed by atoms with Crippen LogP contribution in [-0.2, 0) is 0 Å². The maximum Gasteiger partial charge on any atom is 0.262 e. The first-order valence-electron chi connectivity index (χ1n) is 7.84. The molecule has 0 saturated heterocycles. The number of nitrogens with one attached hydrogen (secondary N) is 1. The van der Waals surface area contributed by atoms with Crippen LogP contribution < -0.4 is 5.32 Å². The van der Waals surface area contributed by atoms with Crippen molar-refractivity contribution in [2.75, 3.05) is 0 Å². The molecule has 1 amide bonds. The van der Waals surface area contributed by atoms with Crippen LogP contribution in [0.3, 0.4) is 0 Å². The summed E-state index contributed by atoms with van der Waals surface area (Å²) in [6, 6.07) is 10.2. The normalized spacial score (nSPS) is 12.6. The highest BCUT2D eigenvalue weighted by molar-refractivity contribution is 7.21. The largest absolute Gasteiger partial charge is 0.342 e. The lowest BCUT2D eigenvalue weighted by Gasteiger charge is -2.12. The molecule has 0 saturated carbocycles. The van der Waals surface area contributed by atoms with E-state index in [2.05, 4.69) is 15.5 Å². The van der Waals surface area contributed by atoms with E-state index >= 15 is 0 Å². The van der Waals surface area contributed by atoms with Crippen LogP contribution in [0.15, 0.2) is 42.6 Å². The molecule has 126 valence electrons. The van der Waals surface area contributed by atoms with E-state index in [9.17, 15) is 9.18 Å². The minimum absolute atomic E-state index is 0.238. The number of benzene rings is 1. The number of amides is 1. The van der Waals surface area contributed by atoms with Gasteiger partial charge in [-0.3, -0.25) is 9.20 Å². The van der Waals surface area contributed by atoms with Gasteiger partial charge in [-0.1, -0.05) is 12.1 Å². The van der Waals surface area contributed by atoms with Gasteiger partial charge in [-0.05, 0) is 43.7 Å². The minimum atomic E-state index is -0.334. The molecule has 4 rings (SSSR count). The van der Waals surface area contributed by atoms with E-state index in [0.717, 1.165) is 10.3 Å². The molecule has 3 aromatic heterocycles. The number of aromatic nitrogens is 3. The summed E-state index contributed by atoms with van der Waals surface area (Å²) in [7, 11) is 0. The maximum absolute atomic E-state index is 14.0. The number of aryl methyl sites for hydroxylation is 1. The van der Waals surface area contributed by atoms with Gasteiger partial charge in [0.05, 0.1) is 10.9 Å². The van der Waals surface area contributed by atoms with Crippen molar-refractivity contribution in [3.8, 4) is 0 Å². The lowest BCUT2D eigenvalue weighted by atomic mass is 10.1. The van der Waals surface area contributed by atoms with E-state index in [1.54, 1.807) is 13.0 Å². The molecule has 0 spiro atoms. The Morgan fingerprint density at radius 1 is 1.24 bits per heavy atom. The van der Waals surface area contributed by atoms with Crippen LogP contribution in [0.25, 0.3) is 15.7 Å². The second-order valence-electron chi connectivity index (χ2n) is 5.85. The smallest absolute Gasteiger partial charge is 0.262 e. The van der Waals surface area contributed by atoms with Crippen molar-refractivity contribution >= 4 is 33.0 Å². The van der Waals surface area contributed by atoms with Gasteiger partial charge in [0.1, 0.15) is 5.82 Å². The van der Waals surface area contributed by atoms with Crippen molar-refractivity contribution in [3.05, 3.63) is 64.7 Å². The third-order valence-electron chi connectivity index (χ3n) is 4.18. The van der Waals surface area contributed by atoms with Crippen molar-refractivity contribution in [3.63, 3.8) is 0 Å². The second-order valence-corrected chi connectivity index (χ2v) is 6.90. The topological polar surface area (TPSA) is 59.3 Å². The summed E-state index contributed by atoms with van der Waals surface area (Å²) in [5.41, 5.74) is 1.38. The number of hydrogen-bond donors (Lipinski definition) is 1. The molecule has 0 unspecified atom stereocenters. The summed E-state index contributed by atoms with van der Waals surface area (Å²) in [5, 5.41) is 11.7. The van der Waals surface area contributed by atoms with Crippen molar-refractivity contribution in [2.45, 2.75) is 19.9 Å². The number of thiophene rings is 1. The van der Waals surface area contributed by atoms with E-state index in [0.29, 0.717) is 21.7 Å². The van der Waals surface area contributed by atoms with Crippen LogP contribution in [0.4, 0.5) is 4.39 Å². The zero-order valence-corrected chi connectivity index (χ0v) is 14.5. The second kappa shape index (κ2) is 5.93. The fourth-order valence-electron chi connectivity index (χ4n) is 2.95. The van der Waals surface area contributed by atoms with Crippen LogP contribution >= 0.6 is 11.3 Å². The molecule has 3 heterocycles. The Morgan fingerprint density at radius 2 is 2.08 bits per heavy atom. The van der Waals surface area contributed by atoms with E-state index in [1.165, 1.54) is 17.4 Å².